The number of carbonyl (C=O) groups excluding carboxylic acids is 1. The normalized spacial score (nSPS) is 15.6. The molecule has 150 valence electrons. The molecule has 7 heteroatoms. The Bertz CT molecular complexity index is 964. The number of anilines is 1. The van der Waals surface area contributed by atoms with Gasteiger partial charge in [0.05, 0.1) is 18.1 Å². The van der Waals surface area contributed by atoms with E-state index in [4.69, 9.17) is 4.74 Å². The Balaban J connectivity index is 1.86. The van der Waals surface area contributed by atoms with Crippen LogP contribution in [0.15, 0.2) is 47.4 Å². The summed E-state index contributed by atoms with van der Waals surface area (Å²) in [6.45, 7) is 7.31. The van der Waals surface area contributed by atoms with Gasteiger partial charge in [0.15, 0.2) is 0 Å². The lowest BCUT2D eigenvalue weighted by molar-refractivity contribution is 0.0730. The highest BCUT2D eigenvalue weighted by molar-refractivity contribution is 7.89. The first-order chi connectivity index (χ1) is 13.3. The molecule has 0 unspecified atom stereocenters. The van der Waals surface area contributed by atoms with E-state index in [1.807, 2.05) is 24.3 Å². The third-order valence-electron chi connectivity index (χ3n) is 4.85. The van der Waals surface area contributed by atoms with Gasteiger partial charge in [0.2, 0.25) is 10.0 Å². The standard InChI is InChI=1S/C21H26N2O4S/c1-15(2)17-5-4-6-19(13-17)22-21(24)18-8-7-16(3)20(14-18)28(25,26)23-9-11-27-12-10-23/h4-8,13-15H,9-12H2,1-3H3,(H,22,24). The molecule has 1 aliphatic rings. The van der Waals surface area contributed by atoms with Gasteiger partial charge >= 0.3 is 0 Å². The van der Waals surface area contributed by atoms with Crippen molar-refractivity contribution in [1.29, 1.82) is 0 Å². The molecule has 2 aromatic rings. The molecule has 0 spiro atoms. The van der Waals surface area contributed by atoms with Crippen LogP contribution >= 0.6 is 0 Å². The van der Waals surface area contributed by atoms with E-state index in [1.54, 1.807) is 19.1 Å². The quantitative estimate of drug-likeness (QED) is 0.832. The molecule has 1 fully saturated rings. The molecule has 1 N–H and O–H groups in total. The number of hydrogen-bond donors (Lipinski definition) is 1. The minimum absolute atomic E-state index is 0.165. The first kappa shape index (κ1) is 20.5. The summed E-state index contributed by atoms with van der Waals surface area (Å²) in [5.74, 6) is 0.0147. The fourth-order valence-corrected chi connectivity index (χ4v) is 4.78. The molecule has 6 nitrogen and oxygen atoms in total. The maximum Gasteiger partial charge on any atom is 0.255 e. The van der Waals surface area contributed by atoms with Gasteiger partial charge < -0.3 is 10.1 Å². The molecule has 1 heterocycles. The van der Waals surface area contributed by atoms with E-state index >= 15 is 0 Å². The van der Waals surface area contributed by atoms with E-state index in [1.165, 1.54) is 10.4 Å². The topological polar surface area (TPSA) is 75.7 Å². The zero-order valence-electron chi connectivity index (χ0n) is 16.4. The first-order valence-corrected chi connectivity index (χ1v) is 10.8. The van der Waals surface area contributed by atoms with Crippen molar-refractivity contribution in [3.63, 3.8) is 0 Å². The van der Waals surface area contributed by atoms with Crippen LogP contribution in [0.1, 0.15) is 41.3 Å². The Labute approximate surface area is 166 Å². The number of amides is 1. The van der Waals surface area contributed by atoms with E-state index in [9.17, 15) is 13.2 Å². The molecule has 1 aliphatic heterocycles. The van der Waals surface area contributed by atoms with Crippen molar-refractivity contribution in [3.05, 3.63) is 59.2 Å². The van der Waals surface area contributed by atoms with Gasteiger partial charge in [-0.05, 0) is 48.2 Å². The molecule has 0 bridgehead atoms. The summed E-state index contributed by atoms with van der Waals surface area (Å²) >= 11 is 0. The maximum absolute atomic E-state index is 13.0. The van der Waals surface area contributed by atoms with Crippen LogP contribution in [0, 0.1) is 6.92 Å². The van der Waals surface area contributed by atoms with Gasteiger partial charge in [-0.15, -0.1) is 0 Å². The van der Waals surface area contributed by atoms with Crippen LogP contribution < -0.4 is 5.32 Å². The van der Waals surface area contributed by atoms with Gasteiger partial charge in [-0.2, -0.15) is 4.31 Å². The Morgan fingerprint density at radius 3 is 2.50 bits per heavy atom. The molecule has 0 aliphatic carbocycles. The van der Waals surface area contributed by atoms with Crippen molar-refractivity contribution in [1.82, 2.24) is 4.31 Å². The molecule has 1 amide bonds. The van der Waals surface area contributed by atoms with Crippen molar-refractivity contribution in [2.75, 3.05) is 31.6 Å². The molecular formula is C21H26N2O4S. The van der Waals surface area contributed by atoms with Gasteiger partial charge in [0, 0.05) is 24.3 Å². The Hall–Kier alpha value is -2.22. The average molecular weight is 403 g/mol. The van der Waals surface area contributed by atoms with Crippen molar-refractivity contribution < 1.29 is 17.9 Å². The first-order valence-electron chi connectivity index (χ1n) is 9.39. The minimum Gasteiger partial charge on any atom is -0.379 e. The highest BCUT2D eigenvalue weighted by Crippen LogP contribution is 2.24. The predicted molar refractivity (Wildman–Crippen MR) is 109 cm³/mol. The molecule has 3 rings (SSSR count). The summed E-state index contributed by atoms with van der Waals surface area (Å²) < 4.78 is 32.7. The maximum atomic E-state index is 13.0. The van der Waals surface area contributed by atoms with Crippen LogP contribution in [0.2, 0.25) is 0 Å². The van der Waals surface area contributed by atoms with E-state index in [2.05, 4.69) is 19.2 Å². The highest BCUT2D eigenvalue weighted by Gasteiger charge is 2.28. The number of sulfonamides is 1. The number of ether oxygens (including phenoxy) is 1. The van der Waals surface area contributed by atoms with E-state index in [-0.39, 0.29) is 10.8 Å². The zero-order valence-corrected chi connectivity index (χ0v) is 17.3. The summed E-state index contributed by atoms with van der Waals surface area (Å²) in [5.41, 5.74) is 2.74. The van der Waals surface area contributed by atoms with Crippen molar-refractivity contribution >= 4 is 21.6 Å². The number of aryl methyl sites for hydroxylation is 1. The summed E-state index contributed by atoms with van der Waals surface area (Å²) in [7, 11) is -3.67. The van der Waals surface area contributed by atoms with E-state index in [0.29, 0.717) is 49.0 Å². The molecule has 28 heavy (non-hydrogen) atoms. The molecule has 1 saturated heterocycles. The molecular weight excluding hydrogens is 376 g/mol. The fraction of sp³-hybridized carbons (Fsp3) is 0.381. The zero-order chi connectivity index (χ0) is 20.3. The second-order valence-corrected chi connectivity index (χ2v) is 9.14. The van der Waals surface area contributed by atoms with Crippen molar-refractivity contribution in [2.24, 2.45) is 0 Å². The van der Waals surface area contributed by atoms with Gasteiger partial charge in [0.25, 0.3) is 5.91 Å². The van der Waals surface area contributed by atoms with Crippen LogP contribution in [0.5, 0.6) is 0 Å². The van der Waals surface area contributed by atoms with Crippen LogP contribution in [0.3, 0.4) is 0 Å². The number of hydrogen-bond acceptors (Lipinski definition) is 4. The Morgan fingerprint density at radius 2 is 1.82 bits per heavy atom. The molecule has 0 atom stereocenters. The van der Waals surface area contributed by atoms with E-state index in [0.717, 1.165) is 5.56 Å². The van der Waals surface area contributed by atoms with Gasteiger partial charge in [-0.3, -0.25) is 4.79 Å². The lowest BCUT2D eigenvalue weighted by Crippen LogP contribution is -2.40. The molecule has 0 aromatic heterocycles. The Morgan fingerprint density at radius 1 is 1.11 bits per heavy atom. The number of rotatable bonds is 5. The fourth-order valence-electron chi connectivity index (χ4n) is 3.12. The number of carbonyl (C=O) groups is 1. The Kier molecular flexibility index (Phi) is 6.17. The van der Waals surface area contributed by atoms with Gasteiger partial charge in [0.1, 0.15) is 0 Å². The molecule has 0 saturated carbocycles. The van der Waals surface area contributed by atoms with Crippen LogP contribution in [0.4, 0.5) is 5.69 Å². The number of nitrogens with zero attached hydrogens (tertiary/aromatic N) is 1. The second-order valence-electron chi connectivity index (χ2n) is 7.23. The predicted octanol–water partition coefficient (Wildman–Crippen LogP) is 3.39. The summed E-state index contributed by atoms with van der Waals surface area (Å²) in [6.07, 6.45) is 0. The molecule has 2 aromatic carbocycles. The summed E-state index contributed by atoms with van der Waals surface area (Å²) in [4.78, 5) is 12.9. The smallest absolute Gasteiger partial charge is 0.255 e. The average Bonchev–Trinajstić information content (AvgIpc) is 2.69. The largest absolute Gasteiger partial charge is 0.379 e. The molecule has 0 radical (unpaired) electrons. The lowest BCUT2D eigenvalue weighted by atomic mass is 10.0. The third-order valence-corrected chi connectivity index (χ3v) is 6.89. The minimum atomic E-state index is -3.67. The van der Waals surface area contributed by atoms with Crippen molar-refractivity contribution in [2.45, 2.75) is 31.6 Å². The third kappa shape index (κ3) is 4.43. The summed E-state index contributed by atoms with van der Waals surface area (Å²) in [6, 6.07) is 12.4. The van der Waals surface area contributed by atoms with E-state index < -0.39 is 10.0 Å². The number of nitrogens with one attached hydrogen (secondary N) is 1. The number of benzene rings is 2. The number of morpholine rings is 1. The van der Waals surface area contributed by atoms with Crippen LogP contribution in [-0.4, -0.2) is 44.9 Å². The van der Waals surface area contributed by atoms with Gasteiger partial charge in [-0.1, -0.05) is 32.0 Å². The lowest BCUT2D eigenvalue weighted by Gasteiger charge is -2.26. The highest BCUT2D eigenvalue weighted by atomic mass is 32.2. The SMILES string of the molecule is Cc1ccc(C(=O)Nc2cccc(C(C)C)c2)cc1S(=O)(=O)N1CCOCC1. The summed E-state index contributed by atoms with van der Waals surface area (Å²) in [5, 5.41) is 2.86. The van der Waals surface area contributed by atoms with Gasteiger partial charge in [-0.25, -0.2) is 8.42 Å². The van der Waals surface area contributed by atoms with Crippen molar-refractivity contribution in [3.8, 4) is 0 Å². The van der Waals surface area contributed by atoms with Crippen LogP contribution in [-0.2, 0) is 14.8 Å². The second kappa shape index (κ2) is 8.43. The van der Waals surface area contributed by atoms with Crippen LogP contribution in [0.25, 0.3) is 0 Å². The monoisotopic (exact) mass is 402 g/mol.